The van der Waals surface area contributed by atoms with Crippen LogP contribution in [0.3, 0.4) is 0 Å². The maximum absolute atomic E-state index is 8.66. The van der Waals surface area contributed by atoms with Crippen molar-refractivity contribution in [2.75, 3.05) is 18.8 Å². The summed E-state index contributed by atoms with van der Waals surface area (Å²) in [6, 6.07) is 4.07. The zero-order valence-corrected chi connectivity index (χ0v) is 10.1. The summed E-state index contributed by atoms with van der Waals surface area (Å²) in [5, 5.41) is 17.3. The number of hydrogen-bond acceptors (Lipinski definition) is 5. The zero-order chi connectivity index (χ0) is 12.8. The summed E-state index contributed by atoms with van der Waals surface area (Å²) in [5.74, 6) is 0. The fraction of sp³-hybridized carbons (Fsp3) is 0.417. The summed E-state index contributed by atoms with van der Waals surface area (Å²) in [7, 11) is 0. The Kier molecular flexibility index (Phi) is 4.45. The average molecular weight is 229 g/mol. The van der Waals surface area contributed by atoms with Gasteiger partial charge in [0.2, 0.25) is 0 Å². The highest BCUT2D eigenvalue weighted by molar-refractivity contribution is 5.53. The minimum Gasteiger partial charge on any atom is -0.398 e. The fourth-order valence-electron chi connectivity index (χ4n) is 1.53. The first-order valence-electron chi connectivity index (χ1n) is 5.27. The van der Waals surface area contributed by atoms with Crippen molar-refractivity contribution >= 4 is 5.69 Å². The molecule has 0 aliphatic heterocycles. The highest BCUT2D eigenvalue weighted by atomic mass is 15.1. The number of pyridine rings is 1. The Balaban J connectivity index is 2.91. The smallest absolute Gasteiger partial charge is 0.0877 e. The van der Waals surface area contributed by atoms with Gasteiger partial charge in [-0.25, -0.2) is 0 Å². The van der Waals surface area contributed by atoms with E-state index in [0.717, 1.165) is 22.5 Å². The van der Waals surface area contributed by atoms with E-state index in [-0.39, 0.29) is 13.1 Å². The van der Waals surface area contributed by atoms with Crippen molar-refractivity contribution in [3.63, 3.8) is 0 Å². The largest absolute Gasteiger partial charge is 0.398 e. The quantitative estimate of drug-likeness (QED) is 0.781. The first kappa shape index (κ1) is 13.0. The number of aryl methyl sites for hydroxylation is 1. The predicted octanol–water partition coefficient (Wildman–Crippen LogP) is 1.13. The van der Waals surface area contributed by atoms with E-state index < -0.39 is 0 Å². The second kappa shape index (κ2) is 5.83. The van der Waals surface area contributed by atoms with Gasteiger partial charge in [-0.15, -0.1) is 0 Å². The molecule has 0 radical (unpaired) electrons. The monoisotopic (exact) mass is 229 g/mol. The molecular weight excluding hydrogens is 214 g/mol. The number of hydrogen-bond donors (Lipinski definition) is 1. The van der Waals surface area contributed by atoms with Crippen LogP contribution >= 0.6 is 0 Å². The Labute approximate surface area is 101 Å². The van der Waals surface area contributed by atoms with Crippen molar-refractivity contribution in [1.29, 1.82) is 10.5 Å². The molecule has 0 saturated heterocycles. The Bertz CT molecular complexity index is 465. The van der Waals surface area contributed by atoms with E-state index in [2.05, 4.69) is 4.98 Å². The normalized spacial score (nSPS) is 9.94. The third kappa shape index (κ3) is 3.17. The van der Waals surface area contributed by atoms with Gasteiger partial charge >= 0.3 is 0 Å². The molecular formula is C12H15N5. The first-order valence-corrected chi connectivity index (χ1v) is 5.27. The average Bonchev–Trinajstić information content (AvgIpc) is 2.30. The molecule has 0 saturated carbocycles. The fourth-order valence-corrected chi connectivity index (χ4v) is 1.53. The molecule has 88 valence electrons. The molecule has 1 rings (SSSR count). The lowest BCUT2D eigenvalue weighted by molar-refractivity contribution is 0.330. The first-order chi connectivity index (χ1) is 8.10. The number of nitrogens with two attached hydrogens (primary N) is 1. The third-order valence-corrected chi connectivity index (χ3v) is 2.64. The van der Waals surface area contributed by atoms with E-state index in [1.807, 2.05) is 26.0 Å². The van der Waals surface area contributed by atoms with E-state index >= 15 is 0 Å². The summed E-state index contributed by atoms with van der Waals surface area (Å²) in [6.45, 7) is 4.70. The van der Waals surface area contributed by atoms with Crippen LogP contribution in [0.15, 0.2) is 6.20 Å². The van der Waals surface area contributed by atoms with Gasteiger partial charge in [0.15, 0.2) is 0 Å². The van der Waals surface area contributed by atoms with Crippen molar-refractivity contribution in [1.82, 2.24) is 9.88 Å². The molecule has 0 amide bonds. The molecule has 0 aromatic carbocycles. The van der Waals surface area contributed by atoms with Crippen molar-refractivity contribution in [2.24, 2.45) is 0 Å². The number of nitrogen functional groups attached to an aromatic ring is 1. The van der Waals surface area contributed by atoms with E-state index in [9.17, 15) is 0 Å². The number of rotatable bonds is 4. The minimum atomic E-state index is 0.211. The van der Waals surface area contributed by atoms with Crippen molar-refractivity contribution < 1.29 is 0 Å². The number of nitrogens with zero attached hydrogens (tertiary/aromatic N) is 4. The second-order valence-electron chi connectivity index (χ2n) is 3.89. The zero-order valence-electron chi connectivity index (χ0n) is 10.1. The van der Waals surface area contributed by atoms with Gasteiger partial charge in [-0.2, -0.15) is 10.5 Å². The minimum absolute atomic E-state index is 0.211. The predicted molar refractivity (Wildman–Crippen MR) is 64.6 cm³/mol. The molecule has 17 heavy (non-hydrogen) atoms. The van der Waals surface area contributed by atoms with Gasteiger partial charge < -0.3 is 5.73 Å². The maximum atomic E-state index is 8.66. The molecule has 0 unspecified atom stereocenters. The van der Waals surface area contributed by atoms with Crippen LogP contribution in [0, 0.1) is 36.5 Å². The van der Waals surface area contributed by atoms with Gasteiger partial charge in [-0.05, 0) is 25.0 Å². The SMILES string of the molecule is Cc1cnc(CN(CC#N)CC#N)c(C)c1N. The lowest BCUT2D eigenvalue weighted by Gasteiger charge is -2.17. The van der Waals surface area contributed by atoms with E-state index in [0.29, 0.717) is 6.54 Å². The maximum Gasteiger partial charge on any atom is 0.0877 e. The summed E-state index contributed by atoms with van der Waals surface area (Å²) in [4.78, 5) is 6.03. The van der Waals surface area contributed by atoms with Crippen molar-refractivity contribution in [3.8, 4) is 12.1 Å². The van der Waals surface area contributed by atoms with E-state index in [1.54, 1.807) is 11.1 Å². The lowest BCUT2D eigenvalue weighted by Crippen LogP contribution is -2.25. The molecule has 0 spiro atoms. The second-order valence-corrected chi connectivity index (χ2v) is 3.89. The molecule has 0 aliphatic rings. The van der Waals surface area contributed by atoms with Crippen molar-refractivity contribution in [2.45, 2.75) is 20.4 Å². The van der Waals surface area contributed by atoms with Gasteiger partial charge in [-0.1, -0.05) is 0 Å². The van der Waals surface area contributed by atoms with E-state index in [4.69, 9.17) is 16.3 Å². The van der Waals surface area contributed by atoms with Gasteiger partial charge in [0.05, 0.1) is 30.9 Å². The molecule has 0 aliphatic carbocycles. The Morgan fingerprint density at radius 1 is 1.29 bits per heavy atom. The molecule has 5 heteroatoms. The standard InChI is InChI=1S/C12H15N5/c1-9-7-16-11(10(2)12(9)15)8-17(5-3-13)6-4-14/h7H,5-6,8H2,1-2H3,(H2,15,16). The molecule has 5 nitrogen and oxygen atoms in total. The molecule has 1 heterocycles. The van der Waals surface area contributed by atoms with Crippen LogP contribution in [0.4, 0.5) is 5.69 Å². The van der Waals surface area contributed by atoms with Crippen LogP contribution in [-0.2, 0) is 6.54 Å². The highest BCUT2D eigenvalue weighted by Crippen LogP contribution is 2.18. The van der Waals surface area contributed by atoms with Gasteiger partial charge in [0.1, 0.15) is 0 Å². The summed E-state index contributed by atoms with van der Waals surface area (Å²) >= 11 is 0. The van der Waals surface area contributed by atoms with Gasteiger partial charge in [0, 0.05) is 18.4 Å². The van der Waals surface area contributed by atoms with Crippen molar-refractivity contribution in [3.05, 3.63) is 23.0 Å². The topological polar surface area (TPSA) is 89.7 Å². The van der Waals surface area contributed by atoms with Gasteiger partial charge in [-0.3, -0.25) is 9.88 Å². The van der Waals surface area contributed by atoms with Crippen LogP contribution in [0.1, 0.15) is 16.8 Å². The lowest BCUT2D eigenvalue weighted by atomic mass is 10.1. The molecule has 1 aromatic heterocycles. The number of aromatic nitrogens is 1. The van der Waals surface area contributed by atoms with Crippen LogP contribution in [-0.4, -0.2) is 23.0 Å². The molecule has 2 N–H and O–H groups in total. The molecule has 0 atom stereocenters. The van der Waals surface area contributed by atoms with Crippen LogP contribution < -0.4 is 5.73 Å². The Morgan fingerprint density at radius 2 is 1.88 bits per heavy atom. The number of anilines is 1. The summed E-state index contributed by atoms with van der Waals surface area (Å²) in [6.07, 6.45) is 1.72. The number of nitriles is 2. The Morgan fingerprint density at radius 3 is 2.41 bits per heavy atom. The molecule has 0 fully saturated rings. The van der Waals surface area contributed by atoms with Crippen LogP contribution in [0.5, 0.6) is 0 Å². The molecule has 1 aromatic rings. The highest BCUT2D eigenvalue weighted by Gasteiger charge is 2.10. The van der Waals surface area contributed by atoms with Gasteiger partial charge in [0.25, 0.3) is 0 Å². The van der Waals surface area contributed by atoms with E-state index in [1.165, 1.54) is 0 Å². The third-order valence-electron chi connectivity index (χ3n) is 2.64. The van der Waals surface area contributed by atoms with Crippen LogP contribution in [0.25, 0.3) is 0 Å². The molecule has 0 bridgehead atoms. The van der Waals surface area contributed by atoms with Crippen LogP contribution in [0.2, 0.25) is 0 Å². The summed E-state index contributed by atoms with van der Waals surface area (Å²) < 4.78 is 0. The summed E-state index contributed by atoms with van der Waals surface area (Å²) in [5.41, 5.74) is 9.33. The Hall–Kier alpha value is -2.11.